The molecule has 0 aromatic heterocycles. The minimum Gasteiger partial charge on any atom is -0.484 e. The van der Waals surface area contributed by atoms with Crippen LogP contribution in [0.3, 0.4) is 0 Å². The van der Waals surface area contributed by atoms with E-state index < -0.39 is 4.92 Å². The molecule has 0 aliphatic carbocycles. The van der Waals surface area contributed by atoms with E-state index in [1.807, 2.05) is 13.8 Å². The monoisotopic (exact) mass is 329 g/mol. The smallest absolute Gasteiger partial charge is 0.310 e. The Morgan fingerprint density at radius 2 is 2.11 bits per heavy atom. The van der Waals surface area contributed by atoms with Crippen LogP contribution in [0.4, 0.5) is 5.69 Å². The van der Waals surface area contributed by atoms with Crippen molar-refractivity contribution < 1.29 is 9.66 Å². The zero-order chi connectivity index (χ0) is 14.4. The summed E-state index contributed by atoms with van der Waals surface area (Å²) in [6.07, 6.45) is 2.96. The molecule has 0 aliphatic heterocycles. The molecule has 1 aromatic carbocycles. The lowest BCUT2D eigenvalue weighted by Crippen LogP contribution is -2.09. The first-order chi connectivity index (χ1) is 8.93. The second kappa shape index (κ2) is 7.48. The van der Waals surface area contributed by atoms with Crippen molar-refractivity contribution in [1.29, 1.82) is 0 Å². The zero-order valence-corrected chi connectivity index (χ0v) is 13.1. The minimum atomic E-state index is -0.404. The number of hydrogen-bond acceptors (Lipinski definition) is 3. The van der Waals surface area contributed by atoms with Crippen molar-refractivity contribution in [2.24, 2.45) is 0 Å². The van der Waals surface area contributed by atoms with E-state index in [1.165, 1.54) is 6.07 Å². The van der Waals surface area contributed by atoms with Crippen LogP contribution in [0.2, 0.25) is 0 Å². The van der Waals surface area contributed by atoms with Crippen molar-refractivity contribution in [3.05, 3.63) is 33.9 Å². The lowest BCUT2D eigenvalue weighted by Gasteiger charge is -2.13. The quantitative estimate of drug-likeness (QED) is 0.420. The van der Waals surface area contributed by atoms with Gasteiger partial charge in [-0.3, -0.25) is 10.1 Å². The van der Waals surface area contributed by atoms with Gasteiger partial charge in [0.25, 0.3) is 0 Å². The Labute approximate surface area is 122 Å². The number of hydrogen-bond donors (Lipinski definition) is 0. The molecule has 0 radical (unpaired) electrons. The van der Waals surface area contributed by atoms with Crippen LogP contribution in [0.1, 0.15) is 39.2 Å². The Morgan fingerprint density at radius 1 is 1.42 bits per heavy atom. The molecule has 0 heterocycles. The first kappa shape index (κ1) is 16.0. The molecule has 0 amide bonds. The Kier molecular flexibility index (Phi) is 6.28. The predicted octanol–water partition coefficient (Wildman–Crippen LogP) is 4.49. The predicted molar refractivity (Wildman–Crippen MR) is 80.2 cm³/mol. The maximum absolute atomic E-state index is 11.0. The highest BCUT2D eigenvalue weighted by Gasteiger charge is 2.17. The number of nitro benzene ring substituents is 1. The Hall–Kier alpha value is -1.10. The van der Waals surface area contributed by atoms with E-state index in [2.05, 4.69) is 22.9 Å². The normalized spacial score (nSPS) is 12.5. The van der Waals surface area contributed by atoms with Crippen LogP contribution in [0, 0.1) is 10.1 Å². The number of halogens is 1. The summed E-state index contributed by atoms with van der Waals surface area (Å²) < 4.78 is 5.53. The highest BCUT2D eigenvalue weighted by Crippen LogP contribution is 2.30. The number of nitro groups is 1. The fourth-order valence-corrected chi connectivity index (χ4v) is 2.69. The van der Waals surface area contributed by atoms with Gasteiger partial charge in [0.15, 0.2) is 5.75 Å². The molecule has 0 aliphatic rings. The first-order valence-electron chi connectivity index (χ1n) is 6.52. The fraction of sp³-hybridized carbons (Fsp3) is 0.571. The molecule has 0 fully saturated rings. The minimum absolute atomic E-state index is 0.0269. The largest absolute Gasteiger partial charge is 0.484 e. The number of nitrogens with zero attached hydrogens (tertiary/aromatic N) is 1. The van der Waals surface area contributed by atoms with Gasteiger partial charge in [0.2, 0.25) is 0 Å². The van der Waals surface area contributed by atoms with Gasteiger partial charge in [0, 0.05) is 10.9 Å². The van der Waals surface area contributed by atoms with E-state index in [-0.39, 0.29) is 11.8 Å². The molecule has 5 heteroatoms. The molecule has 0 spiro atoms. The van der Waals surface area contributed by atoms with Gasteiger partial charge in [-0.1, -0.05) is 35.3 Å². The van der Waals surface area contributed by atoms with Gasteiger partial charge in [0.1, 0.15) is 0 Å². The van der Waals surface area contributed by atoms with Crippen LogP contribution >= 0.6 is 15.9 Å². The van der Waals surface area contributed by atoms with Gasteiger partial charge in [-0.25, -0.2) is 0 Å². The second-order valence-electron chi connectivity index (χ2n) is 4.82. The maximum Gasteiger partial charge on any atom is 0.310 e. The summed E-state index contributed by atoms with van der Waals surface area (Å²) in [5, 5.41) is 11.0. The van der Waals surface area contributed by atoms with E-state index >= 15 is 0 Å². The van der Waals surface area contributed by atoms with Gasteiger partial charge >= 0.3 is 5.69 Å². The van der Waals surface area contributed by atoms with E-state index in [4.69, 9.17) is 4.74 Å². The van der Waals surface area contributed by atoms with E-state index in [0.717, 1.165) is 24.8 Å². The van der Waals surface area contributed by atoms with E-state index in [0.29, 0.717) is 10.6 Å². The fourth-order valence-electron chi connectivity index (χ4n) is 1.86. The molecule has 0 N–H and O–H groups in total. The highest BCUT2D eigenvalue weighted by molar-refractivity contribution is 9.09. The molecule has 1 atom stereocenters. The molecular formula is C14H20BrNO3. The Morgan fingerprint density at radius 3 is 2.63 bits per heavy atom. The number of ether oxygens (including phenoxy) is 1. The standard InChI is InChI=1S/C14H20BrNO3/c1-4-5-12(15)8-11-6-7-13(16(17)18)14(9-11)19-10(2)3/h6-7,9-10,12H,4-5,8H2,1-3H3. The summed E-state index contributed by atoms with van der Waals surface area (Å²) in [4.78, 5) is 10.9. The van der Waals surface area contributed by atoms with Gasteiger partial charge in [-0.15, -0.1) is 0 Å². The Balaban J connectivity index is 2.94. The lowest BCUT2D eigenvalue weighted by atomic mass is 10.1. The van der Waals surface area contributed by atoms with Crippen molar-refractivity contribution >= 4 is 21.6 Å². The maximum atomic E-state index is 11.0. The van der Waals surface area contributed by atoms with E-state index in [9.17, 15) is 10.1 Å². The number of alkyl halides is 1. The average Bonchev–Trinajstić information content (AvgIpc) is 2.28. The average molecular weight is 330 g/mol. The number of benzene rings is 1. The summed E-state index contributed by atoms with van der Waals surface area (Å²) >= 11 is 3.62. The van der Waals surface area contributed by atoms with Crippen LogP contribution in [-0.4, -0.2) is 15.9 Å². The first-order valence-corrected chi connectivity index (χ1v) is 7.43. The molecule has 0 saturated heterocycles. The summed E-state index contributed by atoms with van der Waals surface area (Å²) in [6.45, 7) is 5.86. The number of rotatable bonds is 7. The van der Waals surface area contributed by atoms with E-state index in [1.54, 1.807) is 12.1 Å². The summed E-state index contributed by atoms with van der Waals surface area (Å²) in [7, 11) is 0. The van der Waals surface area contributed by atoms with Gasteiger partial charge < -0.3 is 4.74 Å². The zero-order valence-electron chi connectivity index (χ0n) is 11.6. The molecule has 19 heavy (non-hydrogen) atoms. The summed E-state index contributed by atoms with van der Waals surface area (Å²) in [6, 6.07) is 5.11. The molecule has 1 unspecified atom stereocenters. The van der Waals surface area contributed by atoms with Crippen molar-refractivity contribution in [2.45, 2.75) is 51.0 Å². The van der Waals surface area contributed by atoms with Crippen LogP contribution in [0.5, 0.6) is 5.75 Å². The lowest BCUT2D eigenvalue weighted by molar-refractivity contribution is -0.386. The third kappa shape index (κ3) is 5.19. The Bertz CT molecular complexity index is 435. The van der Waals surface area contributed by atoms with Crippen LogP contribution in [0.25, 0.3) is 0 Å². The van der Waals surface area contributed by atoms with Gasteiger partial charge in [0.05, 0.1) is 11.0 Å². The van der Waals surface area contributed by atoms with Crippen LogP contribution < -0.4 is 4.74 Å². The molecule has 1 aromatic rings. The second-order valence-corrected chi connectivity index (χ2v) is 6.11. The third-order valence-corrected chi connectivity index (χ3v) is 3.42. The van der Waals surface area contributed by atoms with Crippen LogP contribution in [-0.2, 0) is 6.42 Å². The van der Waals surface area contributed by atoms with Crippen molar-refractivity contribution in [3.8, 4) is 5.75 Å². The molecule has 0 saturated carbocycles. The van der Waals surface area contributed by atoms with Crippen molar-refractivity contribution in [1.82, 2.24) is 0 Å². The SMILES string of the molecule is CCCC(Br)Cc1ccc([N+](=O)[O-])c(OC(C)C)c1. The molecular weight excluding hydrogens is 310 g/mol. The highest BCUT2D eigenvalue weighted by atomic mass is 79.9. The van der Waals surface area contributed by atoms with Crippen LogP contribution in [0.15, 0.2) is 18.2 Å². The molecule has 0 bridgehead atoms. The van der Waals surface area contributed by atoms with Gasteiger partial charge in [-0.2, -0.15) is 0 Å². The molecule has 1 rings (SSSR count). The topological polar surface area (TPSA) is 52.4 Å². The van der Waals surface area contributed by atoms with Crippen molar-refractivity contribution in [3.63, 3.8) is 0 Å². The molecule has 106 valence electrons. The summed E-state index contributed by atoms with van der Waals surface area (Å²) in [5.74, 6) is 0.355. The van der Waals surface area contributed by atoms with Crippen molar-refractivity contribution in [2.75, 3.05) is 0 Å². The molecule has 4 nitrogen and oxygen atoms in total. The summed E-state index contributed by atoms with van der Waals surface area (Å²) in [5.41, 5.74) is 1.08. The third-order valence-electron chi connectivity index (χ3n) is 2.64. The van der Waals surface area contributed by atoms with Gasteiger partial charge in [-0.05, 0) is 38.3 Å².